The van der Waals surface area contributed by atoms with Crippen LogP contribution in [0.2, 0.25) is 0 Å². The number of hydrogen-bond acceptors (Lipinski definition) is 5. The first-order valence-corrected chi connectivity index (χ1v) is 6.62. The van der Waals surface area contributed by atoms with Crippen molar-refractivity contribution in [2.45, 2.75) is 13.0 Å². The average molecular weight is 290 g/mol. The van der Waals surface area contributed by atoms with Gasteiger partial charge in [0.25, 0.3) is 0 Å². The second-order valence-corrected chi connectivity index (χ2v) is 4.64. The molecule has 0 unspecified atom stereocenters. The van der Waals surface area contributed by atoms with Crippen molar-refractivity contribution in [2.24, 2.45) is 7.05 Å². The molecule has 7 heteroatoms. The zero-order chi connectivity index (χ0) is 15.2. The van der Waals surface area contributed by atoms with E-state index in [1.165, 1.54) is 6.07 Å². The zero-order valence-electron chi connectivity index (χ0n) is 12.1. The Balaban J connectivity index is 2.07. The summed E-state index contributed by atoms with van der Waals surface area (Å²) in [6.07, 6.45) is 4.16. The van der Waals surface area contributed by atoms with Gasteiger partial charge in [-0.25, -0.2) is 4.98 Å². The smallest absolute Gasteiger partial charge is 0.310 e. The summed E-state index contributed by atoms with van der Waals surface area (Å²) in [5, 5.41) is 14.0. The number of nitrogens with zero attached hydrogens (tertiary/aromatic N) is 3. The van der Waals surface area contributed by atoms with Crippen LogP contribution in [0, 0.1) is 10.1 Å². The molecule has 112 valence electrons. The van der Waals surface area contributed by atoms with Crippen molar-refractivity contribution in [1.82, 2.24) is 14.9 Å². The van der Waals surface area contributed by atoms with Gasteiger partial charge in [-0.05, 0) is 18.7 Å². The van der Waals surface area contributed by atoms with Gasteiger partial charge in [-0.3, -0.25) is 10.1 Å². The Morgan fingerprint density at radius 1 is 1.48 bits per heavy atom. The van der Waals surface area contributed by atoms with Crippen molar-refractivity contribution in [3.05, 3.63) is 52.1 Å². The van der Waals surface area contributed by atoms with Crippen LogP contribution in [0.1, 0.15) is 11.4 Å². The van der Waals surface area contributed by atoms with Crippen molar-refractivity contribution in [3.8, 4) is 5.75 Å². The Labute approximate surface area is 122 Å². The second-order valence-electron chi connectivity index (χ2n) is 4.64. The first-order chi connectivity index (χ1) is 10.1. The highest BCUT2D eigenvalue weighted by atomic mass is 16.6. The van der Waals surface area contributed by atoms with E-state index < -0.39 is 4.92 Å². The Morgan fingerprint density at radius 2 is 2.29 bits per heavy atom. The molecule has 0 aliphatic carbocycles. The third kappa shape index (κ3) is 3.79. The predicted molar refractivity (Wildman–Crippen MR) is 78.3 cm³/mol. The van der Waals surface area contributed by atoms with Crippen molar-refractivity contribution in [1.29, 1.82) is 0 Å². The maximum atomic E-state index is 11.0. The topological polar surface area (TPSA) is 82.2 Å². The molecule has 0 saturated heterocycles. The molecule has 0 aliphatic rings. The lowest BCUT2D eigenvalue weighted by atomic mass is 10.2. The van der Waals surface area contributed by atoms with E-state index in [1.807, 2.05) is 24.9 Å². The molecule has 0 saturated carbocycles. The van der Waals surface area contributed by atoms with E-state index in [9.17, 15) is 10.1 Å². The fraction of sp³-hybridized carbons (Fsp3) is 0.357. The second kappa shape index (κ2) is 6.85. The molecule has 1 aromatic heterocycles. The van der Waals surface area contributed by atoms with Crippen LogP contribution in [0.15, 0.2) is 30.6 Å². The van der Waals surface area contributed by atoms with Gasteiger partial charge in [0.2, 0.25) is 0 Å². The highest BCUT2D eigenvalue weighted by molar-refractivity contribution is 5.48. The fourth-order valence-corrected chi connectivity index (χ4v) is 2.03. The maximum absolute atomic E-state index is 11.0. The van der Waals surface area contributed by atoms with E-state index in [0.29, 0.717) is 25.3 Å². The minimum absolute atomic E-state index is 0.0188. The zero-order valence-corrected chi connectivity index (χ0v) is 12.1. The number of imidazole rings is 1. The van der Waals surface area contributed by atoms with Gasteiger partial charge in [0.05, 0.1) is 11.5 Å². The molecule has 1 heterocycles. The van der Waals surface area contributed by atoms with Crippen LogP contribution in [0.3, 0.4) is 0 Å². The molecular weight excluding hydrogens is 272 g/mol. The molecule has 0 bridgehead atoms. The Kier molecular flexibility index (Phi) is 4.89. The minimum Gasteiger partial charge on any atom is -0.486 e. The molecule has 7 nitrogen and oxygen atoms in total. The van der Waals surface area contributed by atoms with E-state index in [1.54, 1.807) is 18.3 Å². The average Bonchev–Trinajstić information content (AvgIpc) is 2.85. The highest BCUT2D eigenvalue weighted by Crippen LogP contribution is 2.28. The van der Waals surface area contributed by atoms with E-state index in [4.69, 9.17) is 4.74 Å². The summed E-state index contributed by atoms with van der Waals surface area (Å²) in [4.78, 5) is 14.8. The van der Waals surface area contributed by atoms with Crippen LogP contribution < -0.4 is 10.1 Å². The number of nitro groups is 1. The fourth-order valence-electron chi connectivity index (χ4n) is 2.03. The van der Waals surface area contributed by atoms with Gasteiger partial charge in [0, 0.05) is 38.5 Å². The van der Waals surface area contributed by atoms with E-state index in [0.717, 1.165) is 11.4 Å². The summed E-state index contributed by atoms with van der Waals surface area (Å²) in [5.41, 5.74) is 0.921. The third-order valence-electron chi connectivity index (χ3n) is 3.11. The molecule has 0 fully saturated rings. The lowest BCUT2D eigenvalue weighted by Gasteiger charge is -2.09. The van der Waals surface area contributed by atoms with E-state index in [-0.39, 0.29) is 5.69 Å². The number of nitrogens with one attached hydrogen (secondary N) is 1. The van der Waals surface area contributed by atoms with Crippen molar-refractivity contribution >= 4 is 5.69 Å². The van der Waals surface area contributed by atoms with Crippen LogP contribution in [-0.4, -0.2) is 28.1 Å². The standard InChI is InChI=1S/C14H18N4O3/c1-15-10-11-3-4-12(18(19)20)13(9-11)21-8-5-14-16-6-7-17(14)2/h3-4,6-7,9,15H,5,8,10H2,1-2H3. The Hall–Kier alpha value is -2.41. The van der Waals surface area contributed by atoms with Gasteiger partial charge in [-0.1, -0.05) is 6.07 Å². The van der Waals surface area contributed by atoms with Gasteiger partial charge in [0.1, 0.15) is 5.82 Å². The molecule has 0 aliphatic heterocycles. The lowest BCUT2D eigenvalue weighted by Crippen LogP contribution is -2.09. The SMILES string of the molecule is CNCc1ccc([N+](=O)[O-])c(OCCc2nccn2C)c1. The molecule has 0 radical (unpaired) electrons. The number of aromatic nitrogens is 2. The molecule has 1 N–H and O–H groups in total. The third-order valence-corrected chi connectivity index (χ3v) is 3.11. The summed E-state index contributed by atoms with van der Waals surface area (Å²) in [6.45, 7) is 0.975. The quantitative estimate of drug-likeness (QED) is 0.619. The van der Waals surface area contributed by atoms with E-state index >= 15 is 0 Å². The normalized spacial score (nSPS) is 10.6. The lowest BCUT2D eigenvalue weighted by molar-refractivity contribution is -0.385. The Morgan fingerprint density at radius 3 is 2.90 bits per heavy atom. The summed E-state index contributed by atoms with van der Waals surface area (Å²) in [5.74, 6) is 1.17. The maximum Gasteiger partial charge on any atom is 0.310 e. The molecule has 21 heavy (non-hydrogen) atoms. The van der Waals surface area contributed by atoms with Gasteiger partial charge in [-0.2, -0.15) is 0 Å². The van der Waals surface area contributed by atoms with Gasteiger partial charge in [-0.15, -0.1) is 0 Å². The van der Waals surface area contributed by atoms with Crippen molar-refractivity contribution in [3.63, 3.8) is 0 Å². The molecule has 2 rings (SSSR count). The monoisotopic (exact) mass is 290 g/mol. The molecule has 2 aromatic rings. The number of aryl methyl sites for hydroxylation is 1. The number of hydrogen-bond donors (Lipinski definition) is 1. The molecule has 1 aromatic carbocycles. The molecule has 0 atom stereocenters. The van der Waals surface area contributed by atoms with Gasteiger partial charge in [0.15, 0.2) is 5.75 Å². The van der Waals surface area contributed by atoms with Gasteiger partial charge < -0.3 is 14.6 Å². The first kappa shape index (κ1) is 15.0. The summed E-state index contributed by atoms with van der Waals surface area (Å²) in [7, 11) is 3.72. The number of rotatable bonds is 7. The summed E-state index contributed by atoms with van der Waals surface area (Å²) < 4.78 is 7.49. The number of ether oxygens (including phenoxy) is 1. The molecular formula is C14H18N4O3. The summed E-state index contributed by atoms with van der Waals surface area (Å²) >= 11 is 0. The number of nitro benzene ring substituents is 1. The summed E-state index contributed by atoms with van der Waals surface area (Å²) in [6, 6.07) is 4.90. The van der Waals surface area contributed by atoms with Crippen molar-refractivity contribution in [2.75, 3.05) is 13.7 Å². The Bertz CT molecular complexity index is 624. The van der Waals surface area contributed by atoms with Crippen LogP contribution in [0.5, 0.6) is 5.75 Å². The van der Waals surface area contributed by atoms with Crippen LogP contribution in [-0.2, 0) is 20.0 Å². The van der Waals surface area contributed by atoms with E-state index in [2.05, 4.69) is 10.3 Å². The largest absolute Gasteiger partial charge is 0.486 e. The van der Waals surface area contributed by atoms with Crippen LogP contribution in [0.4, 0.5) is 5.69 Å². The predicted octanol–water partition coefficient (Wildman–Crippen LogP) is 1.67. The number of benzene rings is 1. The first-order valence-electron chi connectivity index (χ1n) is 6.62. The molecule has 0 spiro atoms. The van der Waals surface area contributed by atoms with Gasteiger partial charge >= 0.3 is 5.69 Å². The minimum atomic E-state index is -0.431. The van der Waals surface area contributed by atoms with Crippen LogP contribution >= 0.6 is 0 Å². The molecule has 0 amide bonds. The van der Waals surface area contributed by atoms with Crippen molar-refractivity contribution < 1.29 is 9.66 Å². The highest BCUT2D eigenvalue weighted by Gasteiger charge is 2.15. The van der Waals surface area contributed by atoms with Crippen LogP contribution in [0.25, 0.3) is 0 Å².